The summed E-state index contributed by atoms with van der Waals surface area (Å²) in [6, 6.07) is 12.5. The Morgan fingerprint density at radius 1 is 1.21 bits per heavy atom. The second-order valence-corrected chi connectivity index (χ2v) is 6.51. The van der Waals surface area contributed by atoms with Crippen molar-refractivity contribution in [3.63, 3.8) is 0 Å². The number of allylic oxidation sites excluding steroid dienone is 1. The number of carbonyl (C=O) groups excluding carboxylic acids is 2. The van der Waals surface area contributed by atoms with Crippen LogP contribution in [-0.2, 0) is 16.0 Å². The third-order valence-corrected chi connectivity index (χ3v) is 4.85. The summed E-state index contributed by atoms with van der Waals surface area (Å²) in [7, 11) is 1.55. The number of fused-ring (bicyclic) bond motifs is 1. The van der Waals surface area contributed by atoms with Crippen molar-refractivity contribution in [2.24, 2.45) is 0 Å². The summed E-state index contributed by atoms with van der Waals surface area (Å²) in [5, 5.41) is 13.7. The zero-order valence-electron chi connectivity index (χ0n) is 15.3. The molecule has 1 fully saturated rings. The van der Waals surface area contributed by atoms with E-state index in [4.69, 9.17) is 9.15 Å². The smallest absolute Gasteiger partial charge is 0.333 e. The van der Waals surface area contributed by atoms with E-state index in [1.165, 1.54) is 6.07 Å². The number of phenols is 1. The topological polar surface area (TPSA) is 88.8 Å². The van der Waals surface area contributed by atoms with Gasteiger partial charge in [-0.3, -0.25) is 4.79 Å². The quantitative estimate of drug-likeness (QED) is 0.536. The van der Waals surface area contributed by atoms with Crippen LogP contribution in [0.25, 0.3) is 22.3 Å². The van der Waals surface area contributed by atoms with Crippen LogP contribution < -0.4 is 5.32 Å². The Morgan fingerprint density at radius 3 is 2.68 bits per heavy atom. The molecular formula is C22H19NO5. The molecule has 0 saturated carbocycles. The largest absolute Gasteiger partial charge is 0.508 e. The monoisotopic (exact) mass is 377 g/mol. The molecule has 0 spiro atoms. The van der Waals surface area contributed by atoms with Gasteiger partial charge in [-0.05, 0) is 18.6 Å². The Hall–Kier alpha value is -3.54. The normalized spacial score (nSPS) is 15.2. The van der Waals surface area contributed by atoms with Crippen molar-refractivity contribution >= 4 is 22.8 Å². The molecule has 1 amide bonds. The first-order chi connectivity index (χ1) is 13.6. The molecule has 1 aromatic heterocycles. The van der Waals surface area contributed by atoms with Crippen LogP contribution in [0.3, 0.4) is 0 Å². The van der Waals surface area contributed by atoms with E-state index in [9.17, 15) is 14.7 Å². The van der Waals surface area contributed by atoms with Crippen LogP contribution in [0.5, 0.6) is 5.75 Å². The fourth-order valence-corrected chi connectivity index (χ4v) is 3.45. The number of aromatic hydroxyl groups is 1. The zero-order valence-corrected chi connectivity index (χ0v) is 15.3. The van der Waals surface area contributed by atoms with Gasteiger partial charge >= 0.3 is 5.97 Å². The molecule has 2 N–H and O–H groups in total. The lowest BCUT2D eigenvalue weighted by Crippen LogP contribution is -2.18. The number of cyclic esters (lactones) is 1. The van der Waals surface area contributed by atoms with Gasteiger partial charge in [-0.2, -0.15) is 0 Å². The van der Waals surface area contributed by atoms with Crippen LogP contribution >= 0.6 is 0 Å². The van der Waals surface area contributed by atoms with E-state index >= 15 is 0 Å². The Kier molecular flexibility index (Phi) is 4.61. The number of carbonyl (C=O) groups is 2. The highest BCUT2D eigenvalue weighted by atomic mass is 16.5. The minimum absolute atomic E-state index is 0.0429. The van der Waals surface area contributed by atoms with Crippen molar-refractivity contribution in [1.82, 2.24) is 5.32 Å². The maximum Gasteiger partial charge on any atom is 0.333 e. The molecule has 1 aliphatic rings. The van der Waals surface area contributed by atoms with E-state index in [0.717, 1.165) is 5.56 Å². The Morgan fingerprint density at radius 2 is 2.00 bits per heavy atom. The zero-order chi connectivity index (χ0) is 19.7. The van der Waals surface area contributed by atoms with Crippen molar-refractivity contribution < 1.29 is 23.8 Å². The molecule has 6 nitrogen and oxygen atoms in total. The highest BCUT2D eigenvalue weighted by Gasteiger charge is 2.25. The summed E-state index contributed by atoms with van der Waals surface area (Å²) >= 11 is 0. The maximum absolute atomic E-state index is 12.7. The standard InChI is InChI=1S/C22H19NO5/c1-23-21(25)19-18-15(8-7-14-11-12-27-22(14)26)16(24)9-10-17(18)28-20(19)13-5-3-2-4-6-13/h2-7,9-10,24H,8,11-12H2,1H3,(H,23,25)/b14-7-. The number of amides is 1. The number of ether oxygens (including phenoxy) is 1. The highest BCUT2D eigenvalue weighted by molar-refractivity contribution is 6.12. The average molecular weight is 377 g/mol. The third kappa shape index (κ3) is 3.03. The van der Waals surface area contributed by atoms with Gasteiger partial charge in [-0.25, -0.2) is 4.79 Å². The van der Waals surface area contributed by atoms with E-state index in [2.05, 4.69) is 5.32 Å². The van der Waals surface area contributed by atoms with Crippen LogP contribution in [0.15, 0.2) is 58.5 Å². The first-order valence-corrected chi connectivity index (χ1v) is 9.01. The molecular weight excluding hydrogens is 358 g/mol. The lowest BCUT2D eigenvalue weighted by Gasteiger charge is -2.07. The molecule has 4 rings (SSSR count). The van der Waals surface area contributed by atoms with Gasteiger partial charge in [0.1, 0.15) is 17.1 Å². The van der Waals surface area contributed by atoms with Crippen LogP contribution in [0, 0.1) is 0 Å². The van der Waals surface area contributed by atoms with E-state index in [0.29, 0.717) is 46.5 Å². The third-order valence-electron chi connectivity index (χ3n) is 4.85. The van der Waals surface area contributed by atoms with E-state index in [1.54, 1.807) is 19.2 Å². The SMILES string of the molecule is CNC(=O)c1c(-c2ccccc2)oc2ccc(O)c(C/C=C3/CCOC3=O)c12. The van der Waals surface area contributed by atoms with E-state index < -0.39 is 0 Å². The summed E-state index contributed by atoms with van der Waals surface area (Å²) in [5.74, 6) is -0.163. The van der Waals surface area contributed by atoms with E-state index in [-0.39, 0.29) is 24.0 Å². The molecule has 0 bridgehead atoms. The van der Waals surface area contributed by atoms with Crippen molar-refractivity contribution in [3.8, 4) is 17.1 Å². The molecule has 2 aromatic carbocycles. The molecule has 6 heteroatoms. The second-order valence-electron chi connectivity index (χ2n) is 6.51. The first-order valence-electron chi connectivity index (χ1n) is 9.01. The maximum atomic E-state index is 12.7. The molecule has 0 unspecified atom stereocenters. The van der Waals surface area contributed by atoms with Crippen LogP contribution in [0.1, 0.15) is 22.3 Å². The van der Waals surface area contributed by atoms with Gasteiger partial charge in [-0.15, -0.1) is 0 Å². The molecule has 0 radical (unpaired) electrons. The average Bonchev–Trinajstić information content (AvgIpc) is 3.31. The van der Waals surface area contributed by atoms with Crippen molar-refractivity contribution in [2.45, 2.75) is 12.8 Å². The highest BCUT2D eigenvalue weighted by Crippen LogP contribution is 2.39. The van der Waals surface area contributed by atoms with Crippen molar-refractivity contribution in [3.05, 3.63) is 65.2 Å². The molecule has 1 saturated heterocycles. The van der Waals surface area contributed by atoms with Crippen LogP contribution in [0.4, 0.5) is 0 Å². The summed E-state index contributed by atoms with van der Waals surface area (Å²) < 4.78 is 11.0. The second kappa shape index (κ2) is 7.23. The number of furan rings is 1. The van der Waals surface area contributed by atoms with E-state index in [1.807, 2.05) is 30.3 Å². The summed E-state index contributed by atoms with van der Waals surface area (Å²) in [6.07, 6.45) is 2.57. The number of rotatable bonds is 4. The first kappa shape index (κ1) is 17.9. The van der Waals surface area contributed by atoms with Gasteiger partial charge in [0.2, 0.25) is 0 Å². The predicted octanol–water partition coefficient (Wildman–Crippen LogP) is 3.58. The van der Waals surface area contributed by atoms with Crippen molar-refractivity contribution in [1.29, 1.82) is 0 Å². The fourth-order valence-electron chi connectivity index (χ4n) is 3.45. The number of hydrogen-bond donors (Lipinski definition) is 2. The molecule has 3 aromatic rings. The molecule has 142 valence electrons. The number of esters is 1. The molecule has 1 aliphatic heterocycles. The Bertz CT molecular complexity index is 1100. The van der Waals surface area contributed by atoms with Gasteiger partial charge in [0, 0.05) is 35.6 Å². The van der Waals surface area contributed by atoms with Crippen LogP contribution in [-0.4, -0.2) is 30.6 Å². The lowest BCUT2D eigenvalue weighted by molar-refractivity contribution is -0.135. The number of benzene rings is 2. The fraction of sp³-hybridized carbons (Fsp3) is 0.182. The molecule has 0 aliphatic carbocycles. The molecule has 2 heterocycles. The van der Waals surface area contributed by atoms with Gasteiger partial charge in [0.15, 0.2) is 0 Å². The molecule has 0 atom stereocenters. The summed E-state index contributed by atoms with van der Waals surface area (Å²) in [4.78, 5) is 24.4. The van der Waals surface area contributed by atoms with Crippen molar-refractivity contribution in [2.75, 3.05) is 13.7 Å². The number of hydrogen-bond acceptors (Lipinski definition) is 5. The minimum atomic E-state index is -0.338. The van der Waals surface area contributed by atoms with Crippen LogP contribution in [0.2, 0.25) is 0 Å². The minimum Gasteiger partial charge on any atom is -0.508 e. The molecule has 28 heavy (non-hydrogen) atoms. The predicted molar refractivity (Wildman–Crippen MR) is 104 cm³/mol. The Labute approximate surface area is 161 Å². The Balaban J connectivity index is 1.92. The van der Waals surface area contributed by atoms with Gasteiger partial charge < -0.3 is 19.6 Å². The van der Waals surface area contributed by atoms with Gasteiger partial charge in [0.25, 0.3) is 5.91 Å². The van der Waals surface area contributed by atoms with Gasteiger partial charge in [-0.1, -0.05) is 36.4 Å². The van der Waals surface area contributed by atoms with Gasteiger partial charge in [0.05, 0.1) is 12.2 Å². The number of nitrogens with one attached hydrogen (secondary N) is 1. The summed E-state index contributed by atoms with van der Waals surface area (Å²) in [5.41, 5.74) is 2.74. The lowest BCUT2D eigenvalue weighted by atomic mass is 9.97. The number of phenolic OH excluding ortho intramolecular Hbond substituents is 1. The summed E-state index contributed by atoms with van der Waals surface area (Å²) in [6.45, 7) is 0.369.